The van der Waals surface area contributed by atoms with E-state index in [1.54, 1.807) is 0 Å². The van der Waals surface area contributed by atoms with Crippen LogP contribution in [0.1, 0.15) is 39.0 Å². The molecule has 0 aromatic carbocycles. The number of hydrogen-bond donors (Lipinski definition) is 4. The number of carbonyl (C=O) groups excluding carboxylic acids is 1. The van der Waals surface area contributed by atoms with Crippen LogP contribution in [0.4, 0.5) is 4.79 Å². The van der Waals surface area contributed by atoms with Crippen molar-refractivity contribution >= 4 is 12.0 Å². The van der Waals surface area contributed by atoms with Gasteiger partial charge in [-0.2, -0.15) is 0 Å². The first-order chi connectivity index (χ1) is 8.53. The van der Waals surface area contributed by atoms with Crippen molar-refractivity contribution in [3.63, 3.8) is 0 Å². The van der Waals surface area contributed by atoms with E-state index in [0.717, 1.165) is 19.3 Å². The number of carbonyl (C=O) groups is 2. The van der Waals surface area contributed by atoms with Crippen LogP contribution in [0.5, 0.6) is 0 Å². The monoisotopic (exact) mass is 258 g/mol. The van der Waals surface area contributed by atoms with Gasteiger partial charge in [-0.05, 0) is 24.7 Å². The second-order valence-electron chi connectivity index (χ2n) is 4.96. The molecule has 18 heavy (non-hydrogen) atoms. The Hall–Kier alpha value is -1.30. The summed E-state index contributed by atoms with van der Waals surface area (Å²) < 4.78 is 0. The second kappa shape index (κ2) is 6.58. The summed E-state index contributed by atoms with van der Waals surface area (Å²) in [6, 6.07) is -1.78. The molecular formula is C12H22N2O4. The summed E-state index contributed by atoms with van der Waals surface area (Å²) in [6.45, 7) is 2.06. The first-order valence-electron chi connectivity index (χ1n) is 6.41. The van der Waals surface area contributed by atoms with Crippen LogP contribution in [0.25, 0.3) is 0 Å². The van der Waals surface area contributed by atoms with Crippen molar-refractivity contribution in [3.8, 4) is 0 Å². The lowest BCUT2D eigenvalue weighted by molar-refractivity contribution is -0.140. The van der Waals surface area contributed by atoms with Gasteiger partial charge >= 0.3 is 12.0 Å². The van der Waals surface area contributed by atoms with Crippen molar-refractivity contribution in [2.24, 2.45) is 5.41 Å². The molecule has 0 heterocycles. The Morgan fingerprint density at radius 1 is 1.33 bits per heavy atom. The zero-order valence-corrected chi connectivity index (χ0v) is 10.7. The van der Waals surface area contributed by atoms with E-state index in [2.05, 4.69) is 17.6 Å². The quantitative estimate of drug-likeness (QED) is 0.563. The molecule has 0 unspecified atom stereocenters. The zero-order chi connectivity index (χ0) is 13.6. The summed E-state index contributed by atoms with van der Waals surface area (Å²) >= 11 is 0. The molecule has 6 heteroatoms. The van der Waals surface area contributed by atoms with Gasteiger partial charge in [0.2, 0.25) is 0 Å². The van der Waals surface area contributed by atoms with Crippen LogP contribution in [0, 0.1) is 5.41 Å². The fourth-order valence-electron chi connectivity index (χ4n) is 2.44. The van der Waals surface area contributed by atoms with Gasteiger partial charge in [0.05, 0.1) is 6.61 Å². The molecule has 0 saturated heterocycles. The van der Waals surface area contributed by atoms with Gasteiger partial charge in [-0.1, -0.05) is 19.8 Å². The summed E-state index contributed by atoms with van der Waals surface area (Å²) in [7, 11) is 0. The first-order valence-corrected chi connectivity index (χ1v) is 6.41. The van der Waals surface area contributed by atoms with Gasteiger partial charge in [-0.3, -0.25) is 0 Å². The summed E-state index contributed by atoms with van der Waals surface area (Å²) in [6.07, 6.45) is 5.59. The smallest absolute Gasteiger partial charge is 0.328 e. The van der Waals surface area contributed by atoms with E-state index in [1.807, 2.05) is 0 Å². The predicted octanol–water partition coefficient (Wildman–Crippen LogP) is 0.701. The maximum Gasteiger partial charge on any atom is 0.328 e. The molecule has 1 saturated carbocycles. The van der Waals surface area contributed by atoms with Crippen LogP contribution in [-0.4, -0.2) is 41.4 Å². The molecular weight excluding hydrogens is 236 g/mol. The molecule has 1 atom stereocenters. The van der Waals surface area contributed by atoms with E-state index in [1.165, 1.54) is 12.8 Å². The number of nitrogens with one attached hydrogen (secondary N) is 2. The second-order valence-corrected chi connectivity index (χ2v) is 4.96. The Kier molecular flexibility index (Phi) is 5.40. The lowest BCUT2D eigenvalue weighted by Gasteiger charge is -2.28. The molecule has 0 aromatic heterocycles. The SMILES string of the molecule is CCC1(CNC(=O)N[C@H](CO)C(=O)O)CCCC1. The van der Waals surface area contributed by atoms with Crippen molar-refractivity contribution in [1.82, 2.24) is 10.6 Å². The number of carboxylic acid groups (broad SMARTS) is 1. The molecule has 1 rings (SSSR count). The summed E-state index contributed by atoms with van der Waals surface area (Å²) in [4.78, 5) is 22.2. The molecule has 2 amide bonds. The standard InChI is InChI=1S/C12H22N2O4/c1-2-12(5-3-4-6-12)8-13-11(18)14-9(7-15)10(16)17/h9,15H,2-8H2,1H3,(H,16,17)(H2,13,14,18)/t9-/m1/s1. The molecule has 0 radical (unpaired) electrons. The predicted molar refractivity (Wildman–Crippen MR) is 66.2 cm³/mol. The number of rotatable bonds is 6. The molecule has 1 fully saturated rings. The van der Waals surface area contributed by atoms with Crippen molar-refractivity contribution < 1.29 is 19.8 Å². The maximum atomic E-state index is 11.5. The number of hydrogen-bond acceptors (Lipinski definition) is 3. The average molecular weight is 258 g/mol. The Bertz CT molecular complexity index is 300. The number of aliphatic hydroxyl groups is 1. The molecule has 1 aliphatic rings. The van der Waals surface area contributed by atoms with Crippen LogP contribution in [0.15, 0.2) is 0 Å². The van der Waals surface area contributed by atoms with E-state index in [0.29, 0.717) is 6.54 Å². The van der Waals surface area contributed by atoms with Crippen LogP contribution in [0.2, 0.25) is 0 Å². The third kappa shape index (κ3) is 3.87. The summed E-state index contributed by atoms with van der Waals surface area (Å²) in [5.41, 5.74) is 0.162. The van der Waals surface area contributed by atoms with E-state index < -0.39 is 24.6 Å². The van der Waals surface area contributed by atoms with Crippen LogP contribution in [-0.2, 0) is 4.79 Å². The number of carboxylic acids is 1. The molecule has 4 N–H and O–H groups in total. The fraction of sp³-hybridized carbons (Fsp3) is 0.833. The lowest BCUT2D eigenvalue weighted by Crippen LogP contribution is -2.49. The highest BCUT2D eigenvalue weighted by molar-refractivity contribution is 5.82. The minimum absolute atomic E-state index is 0.162. The van der Waals surface area contributed by atoms with Gasteiger partial charge in [0.15, 0.2) is 6.04 Å². The Morgan fingerprint density at radius 2 is 1.94 bits per heavy atom. The normalized spacial score (nSPS) is 19.2. The van der Waals surface area contributed by atoms with Gasteiger partial charge < -0.3 is 20.8 Å². The van der Waals surface area contributed by atoms with Crippen molar-refractivity contribution in [1.29, 1.82) is 0 Å². The van der Waals surface area contributed by atoms with Crippen LogP contribution in [0.3, 0.4) is 0 Å². The Morgan fingerprint density at radius 3 is 2.39 bits per heavy atom. The molecule has 0 aliphatic heterocycles. The summed E-state index contributed by atoms with van der Waals surface area (Å²) in [5, 5.41) is 22.4. The van der Waals surface area contributed by atoms with Gasteiger partial charge in [0.25, 0.3) is 0 Å². The minimum Gasteiger partial charge on any atom is -0.480 e. The fourth-order valence-corrected chi connectivity index (χ4v) is 2.44. The number of aliphatic hydroxyl groups excluding tert-OH is 1. The zero-order valence-electron chi connectivity index (χ0n) is 10.7. The van der Waals surface area contributed by atoms with Crippen molar-refractivity contribution in [2.75, 3.05) is 13.2 Å². The maximum absolute atomic E-state index is 11.5. The third-order valence-corrected chi connectivity index (χ3v) is 3.82. The first kappa shape index (κ1) is 14.8. The van der Waals surface area contributed by atoms with Gasteiger partial charge in [-0.15, -0.1) is 0 Å². The van der Waals surface area contributed by atoms with Crippen molar-refractivity contribution in [2.45, 2.75) is 45.1 Å². The Balaban J connectivity index is 2.38. The molecule has 6 nitrogen and oxygen atoms in total. The summed E-state index contributed by atoms with van der Waals surface area (Å²) in [5.74, 6) is -1.24. The number of aliphatic carboxylic acids is 1. The van der Waals surface area contributed by atoms with E-state index >= 15 is 0 Å². The molecule has 0 aromatic rings. The number of urea groups is 1. The topological polar surface area (TPSA) is 98.7 Å². The van der Waals surface area contributed by atoms with Crippen molar-refractivity contribution in [3.05, 3.63) is 0 Å². The highest BCUT2D eigenvalue weighted by atomic mass is 16.4. The third-order valence-electron chi connectivity index (χ3n) is 3.82. The highest BCUT2D eigenvalue weighted by Crippen LogP contribution is 2.40. The van der Waals surface area contributed by atoms with Gasteiger partial charge in [0.1, 0.15) is 0 Å². The highest BCUT2D eigenvalue weighted by Gasteiger charge is 2.32. The lowest BCUT2D eigenvalue weighted by atomic mass is 9.83. The molecule has 0 spiro atoms. The van der Waals surface area contributed by atoms with Gasteiger partial charge in [-0.25, -0.2) is 9.59 Å². The van der Waals surface area contributed by atoms with Gasteiger partial charge in [0, 0.05) is 6.54 Å². The van der Waals surface area contributed by atoms with E-state index in [9.17, 15) is 9.59 Å². The molecule has 104 valence electrons. The molecule has 0 bridgehead atoms. The van der Waals surface area contributed by atoms with Crippen LogP contribution >= 0.6 is 0 Å². The number of amides is 2. The minimum atomic E-state index is -1.24. The Labute approximate surface area is 107 Å². The largest absolute Gasteiger partial charge is 0.480 e. The molecule has 1 aliphatic carbocycles. The van der Waals surface area contributed by atoms with Crippen LogP contribution < -0.4 is 10.6 Å². The van der Waals surface area contributed by atoms with E-state index in [-0.39, 0.29) is 5.41 Å². The van der Waals surface area contributed by atoms with E-state index in [4.69, 9.17) is 10.2 Å². The average Bonchev–Trinajstić information content (AvgIpc) is 2.82.